The second-order valence-electron chi connectivity index (χ2n) is 5.33. The van der Waals surface area contributed by atoms with Crippen molar-refractivity contribution in [2.75, 3.05) is 6.54 Å². The van der Waals surface area contributed by atoms with Crippen LogP contribution in [0, 0.1) is 5.92 Å². The van der Waals surface area contributed by atoms with Gasteiger partial charge in [-0.2, -0.15) is 13.2 Å². The summed E-state index contributed by atoms with van der Waals surface area (Å²) in [5, 5.41) is 12.5. The number of hydrogen-bond acceptors (Lipinski definition) is 2. The molecule has 0 spiro atoms. The van der Waals surface area contributed by atoms with Crippen molar-refractivity contribution >= 4 is 5.91 Å². The largest absolute Gasteiger partial charge is 0.416 e. The predicted octanol–water partition coefficient (Wildman–Crippen LogP) is 3.05. The molecule has 1 aromatic rings. The molecular formula is C15H18F3NO2. The number of halogens is 3. The van der Waals surface area contributed by atoms with E-state index in [1.54, 1.807) is 0 Å². The summed E-state index contributed by atoms with van der Waals surface area (Å²) in [4.78, 5) is 11.8. The summed E-state index contributed by atoms with van der Waals surface area (Å²) in [6.45, 7) is -0.206. The maximum absolute atomic E-state index is 12.9. The summed E-state index contributed by atoms with van der Waals surface area (Å²) < 4.78 is 38.6. The highest BCUT2D eigenvalue weighted by molar-refractivity contribution is 5.78. The maximum atomic E-state index is 12.9. The maximum Gasteiger partial charge on any atom is 0.416 e. The Labute approximate surface area is 121 Å². The zero-order valence-corrected chi connectivity index (χ0v) is 11.5. The molecule has 0 bridgehead atoms. The second-order valence-corrected chi connectivity index (χ2v) is 5.33. The van der Waals surface area contributed by atoms with Crippen molar-refractivity contribution in [1.29, 1.82) is 0 Å². The van der Waals surface area contributed by atoms with Gasteiger partial charge in [-0.3, -0.25) is 4.79 Å². The minimum atomic E-state index is -4.52. The summed E-state index contributed by atoms with van der Waals surface area (Å²) in [6, 6.07) is 4.87. The van der Waals surface area contributed by atoms with Crippen LogP contribution in [-0.2, 0) is 11.0 Å². The minimum absolute atomic E-state index is 0.0740. The summed E-state index contributed by atoms with van der Waals surface area (Å²) in [7, 11) is 0. The number of benzene rings is 1. The molecule has 0 aliphatic heterocycles. The SMILES string of the molecule is O=C(NC[C@@H](O)c1ccccc1C(F)(F)F)C1CCCC1. The van der Waals surface area contributed by atoms with Gasteiger partial charge in [-0.05, 0) is 24.5 Å². The molecule has 0 saturated heterocycles. The first-order chi connectivity index (χ1) is 9.89. The van der Waals surface area contributed by atoms with E-state index in [1.807, 2.05) is 0 Å². The van der Waals surface area contributed by atoms with Gasteiger partial charge in [-0.1, -0.05) is 31.0 Å². The van der Waals surface area contributed by atoms with Gasteiger partial charge in [-0.25, -0.2) is 0 Å². The van der Waals surface area contributed by atoms with Crippen LogP contribution < -0.4 is 5.32 Å². The van der Waals surface area contributed by atoms with Gasteiger partial charge >= 0.3 is 6.18 Å². The molecule has 1 aromatic carbocycles. The van der Waals surface area contributed by atoms with Crippen LogP contribution >= 0.6 is 0 Å². The lowest BCUT2D eigenvalue weighted by Gasteiger charge is -2.18. The van der Waals surface area contributed by atoms with Gasteiger partial charge in [0.1, 0.15) is 0 Å². The number of aliphatic hydroxyl groups is 1. The molecular weight excluding hydrogens is 283 g/mol. The number of amides is 1. The Bertz CT molecular complexity index is 496. The average Bonchev–Trinajstić information content (AvgIpc) is 2.97. The Balaban J connectivity index is 2.00. The van der Waals surface area contributed by atoms with Crippen LogP contribution in [-0.4, -0.2) is 17.6 Å². The quantitative estimate of drug-likeness (QED) is 0.898. The van der Waals surface area contributed by atoms with E-state index in [4.69, 9.17) is 0 Å². The average molecular weight is 301 g/mol. The number of carbonyl (C=O) groups is 1. The molecule has 1 aliphatic rings. The Kier molecular flexibility index (Phi) is 4.88. The van der Waals surface area contributed by atoms with E-state index in [-0.39, 0.29) is 23.9 Å². The highest BCUT2D eigenvalue weighted by atomic mass is 19.4. The van der Waals surface area contributed by atoms with Gasteiger partial charge < -0.3 is 10.4 Å². The van der Waals surface area contributed by atoms with Crippen LogP contribution in [0.2, 0.25) is 0 Å². The Hall–Kier alpha value is -1.56. The van der Waals surface area contributed by atoms with E-state index >= 15 is 0 Å². The van der Waals surface area contributed by atoms with E-state index in [1.165, 1.54) is 18.2 Å². The Morgan fingerprint density at radius 3 is 2.52 bits per heavy atom. The highest BCUT2D eigenvalue weighted by Gasteiger charge is 2.34. The van der Waals surface area contributed by atoms with Crippen molar-refractivity contribution in [3.8, 4) is 0 Å². The zero-order valence-electron chi connectivity index (χ0n) is 11.5. The smallest absolute Gasteiger partial charge is 0.387 e. The molecule has 0 aromatic heterocycles. The molecule has 116 valence electrons. The lowest BCUT2D eigenvalue weighted by molar-refractivity contribution is -0.139. The van der Waals surface area contributed by atoms with E-state index in [2.05, 4.69) is 5.32 Å². The molecule has 6 heteroatoms. The second kappa shape index (κ2) is 6.47. The van der Waals surface area contributed by atoms with E-state index in [9.17, 15) is 23.1 Å². The standard InChI is InChI=1S/C15H18F3NO2/c16-15(17,18)12-8-4-3-7-11(12)13(20)9-19-14(21)10-5-1-2-6-10/h3-4,7-8,10,13,20H,1-2,5-6,9H2,(H,19,21)/t13-/m1/s1. The van der Waals surface area contributed by atoms with Gasteiger partial charge in [0.25, 0.3) is 0 Å². The highest BCUT2D eigenvalue weighted by Crippen LogP contribution is 2.34. The van der Waals surface area contributed by atoms with Crippen LogP contribution in [0.4, 0.5) is 13.2 Å². The molecule has 1 atom stereocenters. The fourth-order valence-corrected chi connectivity index (χ4v) is 2.69. The fraction of sp³-hybridized carbons (Fsp3) is 0.533. The number of rotatable bonds is 4. The number of aliphatic hydroxyl groups excluding tert-OH is 1. The molecule has 1 amide bonds. The molecule has 2 N–H and O–H groups in total. The van der Waals surface area contributed by atoms with Crippen LogP contribution in [0.25, 0.3) is 0 Å². The fourth-order valence-electron chi connectivity index (χ4n) is 2.69. The van der Waals surface area contributed by atoms with Crippen LogP contribution in [0.15, 0.2) is 24.3 Å². The van der Waals surface area contributed by atoms with Crippen molar-refractivity contribution in [3.05, 3.63) is 35.4 Å². The van der Waals surface area contributed by atoms with Crippen molar-refractivity contribution in [2.45, 2.75) is 38.0 Å². The van der Waals surface area contributed by atoms with E-state index < -0.39 is 17.8 Å². The molecule has 3 nitrogen and oxygen atoms in total. The third-order valence-corrected chi connectivity index (χ3v) is 3.82. The van der Waals surface area contributed by atoms with Gasteiger partial charge in [0.05, 0.1) is 11.7 Å². The van der Waals surface area contributed by atoms with Crippen molar-refractivity contribution in [3.63, 3.8) is 0 Å². The number of hydrogen-bond donors (Lipinski definition) is 2. The first kappa shape index (κ1) is 15.8. The number of alkyl halides is 3. The van der Waals surface area contributed by atoms with Gasteiger partial charge in [0, 0.05) is 12.5 Å². The molecule has 1 aliphatic carbocycles. The van der Waals surface area contributed by atoms with Gasteiger partial charge in [0.15, 0.2) is 0 Å². The third-order valence-electron chi connectivity index (χ3n) is 3.82. The third kappa shape index (κ3) is 3.97. The Morgan fingerprint density at radius 2 is 1.90 bits per heavy atom. The molecule has 1 fully saturated rings. The van der Waals surface area contributed by atoms with Crippen molar-refractivity contribution in [2.24, 2.45) is 5.92 Å². The Morgan fingerprint density at radius 1 is 1.29 bits per heavy atom. The number of nitrogens with one attached hydrogen (secondary N) is 1. The topological polar surface area (TPSA) is 49.3 Å². The van der Waals surface area contributed by atoms with Crippen molar-refractivity contribution < 1.29 is 23.1 Å². The molecule has 0 heterocycles. The lowest BCUT2D eigenvalue weighted by Crippen LogP contribution is -2.33. The summed E-state index contributed by atoms with van der Waals surface area (Å²) >= 11 is 0. The molecule has 0 unspecified atom stereocenters. The monoisotopic (exact) mass is 301 g/mol. The summed E-state index contributed by atoms with van der Waals surface area (Å²) in [5.74, 6) is -0.258. The molecule has 1 saturated carbocycles. The predicted molar refractivity (Wildman–Crippen MR) is 71.4 cm³/mol. The zero-order chi connectivity index (χ0) is 15.5. The molecule has 0 radical (unpaired) electrons. The lowest BCUT2D eigenvalue weighted by atomic mass is 10.0. The van der Waals surface area contributed by atoms with Gasteiger partial charge in [0.2, 0.25) is 5.91 Å². The first-order valence-corrected chi connectivity index (χ1v) is 7.01. The van der Waals surface area contributed by atoms with E-state index in [0.29, 0.717) is 0 Å². The minimum Gasteiger partial charge on any atom is -0.387 e. The van der Waals surface area contributed by atoms with Crippen LogP contribution in [0.3, 0.4) is 0 Å². The van der Waals surface area contributed by atoms with Crippen molar-refractivity contribution in [1.82, 2.24) is 5.32 Å². The van der Waals surface area contributed by atoms with E-state index in [0.717, 1.165) is 31.7 Å². The number of carbonyl (C=O) groups excluding carboxylic acids is 1. The first-order valence-electron chi connectivity index (χ1n) is 7.01. The van der Waals surface area contributed by atoms with Crippen LogP contribution in [0.1, 0.15) is 42.9 Å². The summed E-state index contributed by atoms with van der Waals surface area (Å²) in [5.41, 5.74) is -1.08. The van der Waals surface area contributed by atoms with Crippen LogP contribution in [0.5, 0.6) is 0 Å². The summed E-state index contributed by atoms with van der Waals surface area (Å²) in [6.07, 6.45) is -2.28. The molecule has 2 rings (SSSR count). The molecule has 21 heavy (non-hydrogen) atoms. The normalized spacial score (nSPS) is 17.7. The van der Waals surface area contributed by atoms with Gasteiger partial charge in [-0.15, -0.1) is 0 Å².